The number of fused-ring (bicyclic) bond motifs is 2. The van der Waals surface area contributed by atoms with E-state index in [1.807, 2.05) is 18.2 Å². The lowest BCUT2D eigenvalue weighted by atomic mass is 9.96. The van der Waals surface area contributed by atoms with E-state index in [0.29, 0.717) is 18.2 Å². The van der Waals surface area contributed by atoms with Gasteiger partial charge in [0, 0.05) is 24.0 Å². The van der Waals surface area contributed by atoms with E-state index in [1.165, 1.54) is 11.3 Å². The number of hydrogen-bond acceptors (Lipinski definition) is 3. The maximum atomic E-state index is 12.3. The van der Waals surface area contributed by atoms with Gasteiger partial charge in [-0.1, -0.05) is 24.3 Å². The second-order valence-corrected chi connectivity index (χ2v) is 6.16. The summed E-state index contributed by atoms with van der Waals surface area (Å²) >= 11 is 0. The third-order valence-electron chi connectivity index (χ3n) is 4.62. The third-order valence-corrected chi connectivity index (χ3v) is 4.62. The first-order chi connectivity index (χ1) is 11.2. The number of para-hydroxylation sites is 1. The monoisotopic (exact) mass is 305 g/mol. The second-order valence-electron chi connectivity index (χ2n) is 6.16. The van der Waals surface area contributed by atoms with Crippen molar-refractivity contribution in [3.63, 3.8) is 0 Å². The average Bonchev–Trinajstić information content (AvgIpc) is 2.58. The highest BCUT2D eigenvalue weighted by Crippen LogP contribution is 2.31. The summed E-state index contributed by atoms with van der Waals surface area (Å²) in [6.07, 6.45) is 4.00. The highest BCUT2D eigenvalue weighted by Gasteiger charge is 2.23. The van der Waals surface area contributed by atoms with Crippen LogP contribution in [0.5, 0.6) is 0 Å². The molecule has 23 heavy (non-hydrogen) atoms. The highest BCUT2D eigenvalue weighted by atomic mass is 16.1. The van der Waals surface area contributed by atoms with Gasteiger partial charge in [0.2, 0.25) is 0 Å². The molecule has 1 aliphatic heterocycles. The molecule has 0 spiro atoms. The zero-order valence-electron chi connectivity index (χ0n) is 13.1. The van der Waals surface area contributed by atoms with Crippen LogP contribution in [0.15, 0.2) is 59.5 Å². The molecule has 1 aliphatic rings. The van der Waals surface area contributed by atoms with Crippen molar-refractivity contribution in [2.45, 2.75) is 32.4 Å². The molecule has 0 bridgehead atoms. The summed E-state index contributed by atoms with van der Waals surface area (Å²) in [5.41, 5.74) is 4.14. The quantitative estimate of drug-likeness (QED) is 0.730. The van der Waals surface area contributed by atoms with Crippen molar-refractivity contribution < 1.29 is 0 Å². The summed E-state index contributed by atoms with van der Waals surface area (Å²) in [6.45, 7) is 2.91. The SMILES string of the molecule is C[C@@H]1CCc2ccccc2N1Cc1cc(=O)n2ccccc2n1. The Morgan fingerprint density at radius 1 is 1.17 bits per heavy atom. The number of aromatic nitrogens is 2. The molecule has 4 rings (SSSR count). The molecule has 3 aromatic rings. The fraction of sp³-hybridized carbons (Fsp3) is 0.263. The Kier molecular flexibility index (Phi) is 3.37. The predicted molar refractivity (Wildman–Crippen MR) is 91.9 cm³/mol. The van der Waals surface area contributed by atoms with Crippen LogP contribution >= 0.6 is 0 Å². The van der Waals surface area contributed by atoms with Crippen molar-refractivity contribution in [1.82, 2.24) is 9.38 Å². The molecule has 0 amide bonds. The lowest BCUT2D eigenvalue weighted by Crippen LogP contribution is -2.37. The molecule has 4 heteroatoms. The molecule has 0 saturated heterocycles. The van der Waals surface area contributed by atoms with Crippen LogP contribution in [0, 0.1) is 0 Å². The summed E-state index contributed by atoms with van der Waals surface area (Å²) in [4.78, 5) is 19.3. The van der Waals surface area contributed by atoms with Crippen molar-refractivity contribution >= 4 is 11.3 Å². The zero-order valence-corrected chi connectivity index (χ0v) is 13.1. The molecule has 116 valence electrons. The van der Waals surface area contributed by atoms with Crippen LogP contribution in [0.25, 0.3) is 5.65 Å². The van der Waals surface area contributed by atoms with E-state index < -0.39 is 0 Å². The van der Waals surface area contributed by atoms with E-state index in [9.17, 15) is 4.79 Å². The van der Waals surface area contributed by atoms with Crippen LogP contribution in [0.3, 0.4) is 0 Å². The predicted octanol–water partition coefficient (Wildman–Crippen LogP) is 3.04. The lowest BCUT2D eigenvalue weighted by molar-refractivity contribution is 0.556. The molecular formula is C19H19N3O. The largest absolute Gasteiger partial charge is 0.363 e. The Bertz CT molecular complexity index is 916. The Morgan fingerprint density at radius 3 is 2.91 bits per heavy atom. The Labute approximate surface area is 135 Å². The normalized spacial score (nSPS) is 17.3. The van der Waals surface area contributed by atoms with Gasteiger partial charge in [0.15, 0.2) is 0 Å². The van der Waals surface area contributed by atoms with Crippen LogP contribution in [-0.2, 0) is 13.0 Å². The molecule has 0 fully saturated rings. The Morgan fingerprint density at radius 2 is 2.00 bits per heavy atom. The zero-order chi connectivity index (χ0) is 15.8. The van der Waals surface area contributed by atoms with Crippen molar-refractivity contribution in [2.75, 3.05) is 4.90 Å². The van der Waals surface area contributed by atoms with Crippen molar-refractivity contribution in [3.05, 3.63) is 76.3 Å². The van der Waals surface area contributed by atoms with Crippen molar-refractivity contribution in [2.24, 2.45) is 0 Å². The van der Waals surface area contributed by atoms with Gasteiger partial charge >= 0.3 is 0 Å². The molecule has 1 aromatic carbocycles. The summed E-state index contributed by atoms with van der Waals surface area (Å²) in [6, 6.07) is 16.2. The number of hydrogen-bond donors (Lipinski definition) is 0. The van der Waals surface area contributed by atoms with Crippen LogP contribution in [0.4, 0.5) is 5.69 Å². The third kappa shape index (κ3) is 2.50. The summed E-state index contributed by atoms with van der Waals surface area (Å²) in [5.74, 6) is 0. The van der Waals surface area contributed by atoms with E-state index in [0.717, 1.165) is 18.5 Å². The molecule has 2 aromatic heterocycles. The molecule has 1 atom stereocenters. The van der Waals surface area contributed by atoms with Gasteiger partial charge in [0.1, 0.15) is 5.65 Å². The van der Waals surface area contributed by atoms with Gasteiger partial charge in [-0.15, -0.1) is 0 Å². The van der Waals surface area contributed by atoms with Crippen LogP contribution in [0.1, 0.15) is 24.6 Å². The number of pyridine rings is 1. The number of anilines is 1. The molecule has 4 nitrogen and oxygen atoms in total. The molecule has 3 heterocycles. The van der Waals surface area contributed by atoms with E-state index >= 15 is 0 Å². The van der Waals surface area contributed by atoms with Crippen LogP contribution in [0.2, 0.25) is 0 Å². The molecule has 0 saturated carbocycles. The summed E-state index contributed by atoms with van der Waals surface area (Å²) in [5, 5.41) is 0. The number of benzene rings is 1. The van der Waals surface area contributed by atoms with Crippen LogP contribution in [-0.4, -0.2) is 15.4 Å². The minimum absolute atomic E-state index is 0.0245. The number of aryl methyl sites for hydroxylation is 1. The summed E-state index contributed by atoms with van der Waals surface area (Å²) < 4.78 is 1.58. The van der Waals surface area contributed by atoms with E-state index in [1.54, 1.807) is 16.7 Å². The first kappa shape index (κ1) is 14.0. The van der Waals surface area contributed by atoms with E-state index in [4.69, 9.17) is 0 Å². The average molecular weight is 305 g/mol. The number of rotatable bonds is 2. The smallest absolute Gasteiger partial charge is 0.258 e. The van der Waals surface area contributed by atoms with Crippen molar-refractivity contribution in [1.29, 1.82) is 0 Å². The molecule has 0 unspecified atom stereocenters. The maximum absolute atomic E-state index is 12.3. The fourth-order valence-corrected chi connectivity index (χ4v) is 3.36. The topological polar surface area (TPSA) is 37.6 Å². The van der Waals surface area contributed by atoms with E-state index in [2.05, 4.69) is 41.1 Å². The van der Waals surface area contributed by atoms with Gasteiger partial charge < -0.3 is 4.90 Å². The van der Waals surface area contributed by atoms with Crippen molar-refractivity contribution in [3.8, 4) is 0 Å². The fourth-order valence-electron chi connectivity index (χ4n) is 3.36. The molecule has 0 aliphatic carbocycles. The van der Waals surface area contributed by atoms with Gasteiger partial charge in [-0.25, -0.2) is 4.98 Å². The van der Waals surface area contributed by atoms with Gasteiger partial charge in [0.25, 0.3) is 5.56 Å². The van der Waals surface area contributed by atoms with Gasteiger partial charge in [-0.05, 0) is 43.5 Å². The molecular weight excluding hydrogens is 286 g/mol. The highest BCUT2D eigenvalue weighted by molar-refractivity contribution is 5.56. The summed E-state index contributed by atoms with van der Waals surface area (Å²) in [7, 11) is 0. The Hall–Kier alpha value is -2.62. The molecule has 0 N–H and O–H groups in total. The first-order valence-electron chi connectivity index (χ1n) is 8.04. The minimum Gasteiger partial charge on any atom is -0.363 e. The van der Waals surface area contributed by atoms with Gasteiger partial charge in [0.05, 0.1) is 12.2 Å². The van der Waals surface area contributed by atoms with Gasteiger partial charge in [-0.3, -0.25) is 9.20 Å². The lowest BCUT2D eigenvalue weighted by Gasteiger charge is -2.36. The molecule has 0 radical (unpaired) electrons. The first-order valence-corrected chi connectivity index (χ1v) is 8.04. The standard InChI is InChI=1S/C19H19N3O/c1-14-9-10-15-6-2-3-7-17(15)22(14)13-16-12-19(23)21-11-5-4-8-18(21)20-16/h2-8,11-12,14H,9-10,13H2,1H3/t14-/m1/s1. The second kappa shape index (κ2) is 5.54. The van der Waals surface area contributed by atoms with Gasteiger partial charge in [-0.2, -0.15) is 0 Å². The Balaban J connectivity index is 1.74. The number of nitrogens with zero attached hydrogens (tertiary/aromatic N) is 3. The van der Waals surface area contributed by atoms with E-state index in [-0.39, 0.29) is 5.56 Å². The minimum atomic E-state index is -0.0245. The van der Waals surface area contributed by atoms with Crippen LogP contribution < -0.4 is 10.5 Å². The maximum Gasteiger partial charge on any atom is 0.258 e.